The van der Waals surface area contributed by atoms with Gasteiger partial charge in [-0.2, -0.15) is 5.26 Å². The standard InChI is InChI=1S/C24H30N4O2S/c1-17(2)24(3,16-25)27-21(29)15-31-23-26-20-12-8-7-11-19(20)22(30)28(23)14-13-18-9-5-4-6-10-18/h7-9,11-12,17H,4-6,10,13-15H2,1-3H3,(H,27,29). The molecule has 0 saturated heterocycles. The molecule has 1 aromatic heterocycles. The van der Waals surface area contributed by atoms with E-state index in [-0.39, 0.29) is 23.1 Å². The summed E-state index contributed by atoms with van der Waals surface area (Å²) in [5, 5.41) is 13.4. The molecule has 0 saturated carbocycles. The molecule has 1 atom stereocenters. The summed E-state index contributed by atoms with van der Waals surface area (Å²) < 4.78 is 1.70. The van der Waals surface area contributed by atoms with Gasteiger partial charge in [0, 0.05) is 6.54 Å². The van der Waals surface area contributed by atoms with Crippen molar-refractivity contribution in [3.05, 3.63) is 46.3 Å². The molecule has 2 aromatic rings. The molecule has 0 bridgehead atoms. The van der Waals surface area contributed by atoms with Crippen LogP contribution in [0.4, 0.5) is 0 Å². The number of rotatable bonds is 8. The van der Waals surface area contributed by atoms with Gasteiger partial charge in [-0.15, -0.1) is 0 Å². The normalized spacial score (nSPS) is 15.9. The third-order valence-corrected chi connectivity index (χ3v) is 6.96. The van der Waals surface area contributed by atoms with Gasteiger partial charge in [0.25, 0.3) is 5.56 Å². The van der Waals surface area contributed by atoms with Crippen LogP contribution in [-0.2, 0) is 11.3 Å². The first-order valence-electron chi connectivity index (χ1n) is 10.9. The number of nitrogens with zero attached hydrogens (tertiary/aromatic N) is 3. The molecule has 1 amide bonds. The molecule has 1 unspecified atom stereocenters. The smallest absolute Gasteiger partial charge is 0.262 e. The van der Waals surface area contributed by atoms with E-state index in [1.165, 1.54) is 30.2 Å². The lowest BCUT2D eigenvalue weighted by molar-refractivity contribution is -0.120. The highest BCUT2D eigenvalue weighted by Gasteiger charge is 2.30. The topological polar surface area (TPSA) is 87.8 Å². The monoisotopic (exact) mass is 438 g/mol. The molecule has 7 heteroatoms. The van der Waals surface area contributed by atoms with Crippen molar-refractivity contribution in [1.29, 1.82) is 5.26 Å². The highest BCUT2D eigenvalue weighted by molar-refractivity contribution is 7.99. The minimum atomic E-state index is -0.929. The second kappa shape index (κ2) is 10.1. The van der Waals surface area contributed by atoms with E-state index >= 15 is 0 Å². The van der Waals surface area contributed by atoms with Crippen LogP contribution in [0, 0.1) is 17.2 Å². The van der Waals surface area contributed by atoms with Crippen LogP contribution in [-0.4, -0.2) is 26.8 Å². The Hall–Kier alpha value is -2.59. The fraction of sp³-hybridized carbons (Fsp3) is 0.500. The van der Waals surface area contributed by atoms with Crippen molar-refractivity contribution < 1.29 is 4.79 Å². The van der Waals surface area contributed by atoms with Crippen molar-refractivity contribution in [3.63, 3.8) is 0 Å². The molecule has 0 aliphatic heterocycles. The molecule has 31 heavy (non-hydrogen) atoms. The fourth-order valence-corrected chi connectivity index (χ4v) is 4.42. The van der Waals surface area contributed by atoms with Crippen molar-refractivity contribution in [2.24, 2.45) is 5.92 Å². The van der Waals surface area contributed by atoms with Gasteiger partial charge in [-0.05, 0) is 57.1 Å². The van der Waals surface area contributed by atoms with Crippen LogP contribution in [0.1, 0.15) is 52.9 Å². The predicted octanol–water partition coefficient (Wildman–Crippen LogP) is 4.43. The van der Waals surface area contributed by atoms with Crippen LogP contribution >= 0.6 is 11.8 Å². The van der Waals surface area contributed by atoms with E-state index in [0.29, 0.717) is 22.6 Å². The number of para-hydroxylation sites is 1. The molecular weight excluding hydrogens is 408 g/mol. The SMILES string of the molecule is CC(C)C(C)(C#N)NC(=O)CSc1nc2ccccc2c(=O)n1CCC1=CCCCC1. The minimum Gasteiger partial charge on any atom is -0.337 e. The van der Waals surface area contributed by atoms with Crippen molar-refractivity contribution in [1.82, 2.24) is 14.9 Å². The first kappa shape index (κ1) is 23.1. The number of nitriles is 1. The largest absolute Gasteiger partial charge is 0.337 e. The number of hydrogen-bond donors (Lipinski definition) is 1. The maximum absolute atomic E-state index is 13.2. The van der Waals surface area contributed by atoms with Crippen LogP contribution in [0.25, 0.3) is 10.9 Å². The maximum Gasteiger partial charge on any atom is 0.262 e. The lowest BCUT2D eigenvalue weighted by Gasteiger charge is -2.27. The van der Waals surface area contributed by atoms with Crippen LogP contribution in [0.3, 0.4) is 0 Å². The zero-order valence-electron chi connectivity index (χ0n) is 18.5. The first-order chi connectivity index (χ1) is 14.8. The zero-order chi connectivity index (χ0) is 22.4. The molecule has 6 nitrogen and oxygen atoms in total. The number of aromatic nitrogens is 2. The van der Waals surface area contributed by atoms with Crippen LogP contribution in [0.5, 0.6) is 0 Å². The van der Waals surface area contributed by atoms with E-state index in [9.17, 15) is 14.9 Å². The predicted molar refractivity (Wildman–Crippen MR) is 125 cm³/mol. The number of amides is 1. The molecule has 0 fully saturated rings. The minimum absolute atomic E-state index is 0.0211. The summed E-state index contributed by atoms with van der Waals surface area (Å²) in [6.07, 6.45) is 7.73. The number of benzene rings is 1. The molecule has 1 aromatic carbocycles. The number of fused-ring (bicyclic) bond motifs is 1. The lowest BCUT2D eigenvalue weighted by Crippen LogP contribution is -2.49. The van der Waals surface area contributed by atoms with Gasteiger partial charge in [-0.1, -0.05) is 49.4 Å². The van der Waals surface area contributed by atoms with Gasteiger partial charge in [-0.3, -0.25) is 14.2 Å². The summed E-state index contributed by atoms with van der Waals surface area (Å²) in [6.45, 7) is 6.08. The van der Waals surface area contributed by atoms with Gasteiger partial charge in [0.05, 0.1) is 22.7 Å². The Morgan fingerprint density at radius 2 is 2.13 bits per heavy atom. The fourth-order valence-electron chi connectivity index (χ4n) is 3.60. The molecule has 0 spiro atoms. The van der Waals surface area contributed by atoms with Crippen molar-refractivity contribution >= 4 is 28.6 Å². The van der Waals surface area contributed by atoms with Crippen LogP contribution in [0.15, 0.2) is 45.9 Å². The molecule has 0 radical (unpaired) electrons. The average molecular weight is 439 g/mol. The number of thioether (sulfide) groups is 1. The Labute approximate surface area is 187 Å². The van der Waals surface area contributed by atoms with E-state index < -0.39 is 5.54 Å². The van der Waals surface area contributed by atoms with E-state index in [4.69, 9.17) is 0 Å². The second-order valence-electron chi connectivity index (χ2n) is 8.53. The van der Waals surface area contributed by atoms with Crippen molar-refractivity contribution in [2.75, 3.05) is 5.75 Å². The van der Waals surface area contributed by atoms with Crippen LogP contribution in [0.2, 0.25) is 0 Å². The summed E-state index contributed by atoms with van der Waals surface area (Å²) in [4.78, 5) is 30.4. The van der Waals surface area contributed by atoms with Gasteiger partial charge < -0.3 is 5.32 Å². The summed E-state index contributed by atoms with van der Waals surface area (Å²) in [7, 11) is 0. The molecule has 1 aliphatic carbocycles. The van der Waals surface area contributed by atoms with Gasteiger partial charge in [-0.25, -0.2) is 4.98 Å². The molecular formula is C24H30N4O2S. The number of nitrogens with one attached hydrogen (secondary N) is 1. The quantitative estimate of drug-likeness (QED) is 0.374. The van der Waals surface area contributed by atoms with E-state index in [2.05, 4.69) is 22.4 Å². The summed E-state index contributed by atoms with van der Waals surface area (Å²) in [6, 6.07) is 9.50. The van der Waals surface area contributed by atoms with Gasteiger partial charge in [0.1, 0.15) is 5.54 Å². The van der Waals surface area contributed by atoms with E-state index in [1.807, 2.05) is 32.0 Å². The molecule has 1 N–H and O–H groups in total. The summed E-state index contributed by atoms with van der Waals surface area (Å²) in [5.41, 5.74) is 1.02. The zero-order valence-corrected chi connectivity index (χ0v) is 19.3. The maximum atomic E-state index is 13.2. The molecule has 164 valence electrons. The third-order valence-electron chi connectivity index (χ3n) is 5.99. The molecule has 1 aliphatic rings. The summed E-state index contributed by atoms with van der Waals surface area (Å²) in [5.74, 6) is -0.170. The molecule has 1 heterocycles. The number of allylic oxidation sites excluding steroid dienone is 2. The Morgan fingerprint density at radius 1 is 1.35 bits per heavy atom. The number of hydrogen-bond acceptors (Lipinski definition) is 5. The van der Waals surface area contributed by atoms with E-state index in [1.54, 1.807) is 17.6 Å². The highest BCUT2D eigenvalue weighted by atomic mass is 32.2. The Morgan fingerprint density at radius 3 is 2.81 bits per heavy atom. The Balaban J connectivity index is 1.82. The summed E-state index contributed by atoms with van der Waals surface area (Å²) >= 11 is 1.24. The second-order valence-corrected chi connectivity index (χ2v) is 9.47. The Kier molecular flexibility index (Phi) is 7.55. The third kappa shape index (κ3) is 5.56. The van der Waals surface area contributed by atoms with Crippen molar-refractivity contribution in [2.45, 2.75) is 70.1 Å². The number of carbonyl (C=O) groups excluding carboxylic acids is 1. The first-order valence-corrected chi connectivity index (χ1v) is 11.8. The molecule has 3 rings (SSSR count). The Bertz CT molecular complexity index is 1080. The van der Waals surface area contributed by atoms with Crippen LogP contribution < -0.4 is 10.9 Å². The van der Waals surface area contributed by atoms with Crippen molar-refractivity contribution in [3.8, 4) is 6.07 Å². The van der Waals surface area contributed by atoms with Gasteiger partial charge in [0.2, 0.25) is 5.91 Å². The van der Waals surface area contributed by atoms with Gasteiger partial charge in [0.15, 0.2) is 5.16 Å². The number of carbonyl (C=O) groups is 1. The van der Waals surface area contributed by atoms with Gasteiger partial charge >= 0.3 is 0 Å². The average Bonchev–Trinajstić information content (AvgIpc) is 2.77. The highest BCUT2D eigenvalue weighted by Crippen LogP contribution is 2.23. The van der Waals surface area contributed by atoms with E-state index in [0.717, 1.165) is 19.3 Å². The lowest BCUT2D eigenvalue weighted by atomic mass is 9.90.